The molecular weight excluding hydrogens is 336 g/mol. The van der Waals surface area contributed by atoms with Gasteiger partial charge < -0.3 is 15.0 Å². The van der Waals surface area contributed by atoms with Crippen molar-refractivity contribution >= 4 is 34.1 Å². The van der Waals surface area contributed by atoms with Crippen molar-refractivity contribution in [1.82, 2.24) is 4.98 Å². The topological polar surface area (TPSA) is 54.1 Å². The molecule has 0 saturated carbocycles. The van der Waals surface area contributed by atoms with Gasteiger partial charge in [0, 0.05) is 22.8 Å². The minimum absolute atomic E-state index is 0.0864. The fraction of sp³-hybridized carbons (Fsp3) is 0.250. The van der Waals surface area contributed by atoms with Gasteiger partial charge in [-0.2, -0.15) is 0 Å². The number of para-hydroxylation sites is 1. The first kappa shape index (κ1) is 17.4. The van der Waals surface area contributed by atoms with E-state index >= 15 is 0 Å². The van der Waals surface area contributed by atoms with E-state index in [2.05, 4.69) is 24.1 Å². The summed E-state index contributed by atoms with van der Waals surface area (Å²) < 4.78 is 5.64. The maximum Gasteiger partial charge on any atom is 0.228 e. The second kappa shape index (κ2) is 7.62. The van der Waals surface area contributed by atoms with Crippen molar-refractivity contribution in [2.24, 2.45) is 5.92 Å². The maximum atomic E-state index is 12.3. The number of fused-ring (bicyclic) bond motifs is 1. The lowest BCUT2D eigenvalue weighted by Crippen LogP contribution is -2.14. The lowest BCUT2D eigenvalue weighted by atomic mass is 10.1. The van der Waals surface area contributed by atoms with Gasteiger partial charge in [-0.1, -0.05) is 43.6 Å². The molecule has 2 aromatic carbocycles. The van der Waals surface area contributed by atoms with Crippen LogP contribution in [-0.2, 0) is 11.2 Å². The molecule has 0 fully saturated rings. The predicted molar refractivity (Wildman–Crippen MR) is 102 cm³/mol. The smallest absolute Gasteiger partial charge is 0.228 e. The van der Waals surface area contributed by atoms with Gasteiger partial charge in [-0.25, -0.2) is 0 Å². The summed E-state index contributed by atoms with van der Waals surface area (Å²) in [4.78, 5) is 15.5. The van der Waals surface area contributed by atoms with Gasteiger partial charge in [-0.15, -0.1) is 0 Å². The summed E-state index contributed by atoms with van der Waals surface area (Å²) in [5.41, 5.74) is 2.66. The number of aromatic nitrogens is 1. The number of ether oxygens (including phenoxy) is 1. The number of rotatable bonds is 6. The van der Waals surface area contributed by atoms with Crippen LogP contribution in [0.5, 0.6) is 5.75 Å². The van der Waals surface area contributed by atoms with E-state index < -0.39 is 0 Å². The van der Waals surface area contributed by atoms with Crippen LogP contribution in [0.2, 0.25) is 5.02 Å². The molecule has 2 N–H and O–H groups in total. The largest absolute Gasteiger partial charge is 0.492 e. The van der Waals surface area contributed by atoms with Crippen LogP contribution in [0.15, 0.2) is 48.7 Å². The van der Waals surface area contributed by atoms with Crippen LogP contribution in [-0.4, -0.2) is 17.5 Å². The van der Waals surface area contributed by atoms with Crippen LogP contribution in [0.1, 0.15) is 19.4 Å². The van der Waals surface area contributed by atoms with Gasteiger partial charge in [0.2, 0.25) is 5.91 Å². The number of nitrogens with one attached hydrogen (secondary N) is 2. The molecule has 1 aromatic heterocycles. The minimum Gasteiger partial charge on any atom is -0.492 e. The molecule has 0 aliphatic rings. The van der Waals surface area contributed by atoms with E-state index in [-0.39, 0.29) is 5.91 Å². The van der Waals surface area contributed by atoms with E-state index in [4.69, 9.17) is 16.3 Å². The van der Waals surface area contributed by atoms with Crippen molar-refractivity contribution in [1.29, 1.82) is 0 Å². The van der Waals surface area contributed by atoms with Crippen molar-refractivity contribution in [2.45, 2.75) is 20.3 Å². The first-order valence-corrected chi connectivity index (χ1v) is 8.68. The minimum atomic E-state index is -0.0864. The van der Waals surface area contributed by atoms with Crippen LogP contribution >= 0.6 is 11.6 Å². The molecule has 3 aromatic rings. The van der Waals surface area contributed by atoms with Gasteiger partial charge >= 0.3 is 0 Å². The highest BCUT2D eigenvalue weighted by molar-refractivity contribution is 6.32. The summed E-state index contributed by atoms with van der Waals surface area (Å²) in [7, 11) is 0. The lowest BCUT2D eigenvalue weighted by molar-refractivity contribution is -0.115. The van der Waals surface area contributed by atoms with Crippen molar-refractivity contribution in [3.8, 4) is 5.75 Å². The van der Waals surface area contributed by atoms with Gasteiger partial charge in [-0.05, 0) is 35.7 Å². The first-order chi connectivity index (χ1) is 12.0. The zero-order chi connectivity index (χ0) is 17.8. The average Bonchev–Trinajstić information content (AvgIpc) is 2.97. The SMILES string of the molecule is CC(C)COc1ccc(NC(=O)Cc2c[nH]c3ccccc23)cc1Cl. The van der Waals surface area contributed by atoms with Crippen molar-refractivity contribution in [3.05, 3.63) is 59.2 Å². The third-order valence-electron chi connectivity index (χ3n) is 3.81. The van der Waals surface area contributed by atoms with E-state index in [0.29, 0.717) is 35.4 Å². The quantitative estimate of drug-likeness (QED) is 0.650. The van der Waals surface area contributed by atoms with Crippen LogP contribution in [0.25, 0.3) is 10.9 Å². The fourth-order valence-corrected chi connectivity index (χ4v) is 2.84. The first-order valence-electron chi connectivity index (χ1n) is 8.30. The number of hydrogen-bond acceptors (Lipinski definition) is 2. The molecule has 0 saturated heterocycles. The second-order valence-corrected chi connectivity index (χ2v) is 6.84. The highest BCUT2D eigenvalue weighted by atomic mass is 35.5. The van der Waals surface area contributed by atoms with Crippen LogP contribution in [0.3, 0.4) is 0 Å². The van der Waals surface area contributed by atoms with E-state index in [9.17, 15) is 4.79 Å². The Kier molecular flexibility index (Phi) is 5.29. The normalized spacial score (nSPS) is 11.0. The fourth-order valence-electron chi connectivity index (χ4n) is 2.61. The zero-order valence-corrected chi connectivity index (χ0v) is 15.1. The molecule has 0 unspecified atom stereocenters. The summed E-state index contributed by atoms with van der Waals surface area (Å²) in [6.07, 6.45) is 2.17. The Morgan fingerprint density at radius 3 is 2.80 bits per heavy atom. The molecule has 0 bridgehead atoms. The van der Waals surface area contributed by atoms with Gasteiger partial charge in [0.15, 0.2) is 0 Å². The highest BCUT2D eigenvalue weighted by Crippen LogP contribution is 2.28. The molecule has 1 heterocycles. The van der Waals surface area contributed by atoms with Gasteiger partial charge in [-0.3, -0.25) is 4.79 Å². The third-order valence-corrected chi connectivity index (χ3v) is 4.11. The molecule has 3 rings (SSSR count). The Balaban J connectivity index is 1.65. The number of hydrogen-bond donors (Lipinski definition) is 2. The molecule has 1 amide bonds. The average molecular weight is 357 g/mol. The molecule has 130 valence electrons. The van der Waals surface area contributed by atoms with E-state index in [1.807, 2.05) is 30.5 Å². The molecular formula is C20H21ClN2O2. The van der Waals surface area contributed by atoms with Gasteiger partial charge in [0.05, 0.1) is 18.1 Å². The van der Waals surface area contributed by atoms with Gasteiger partial charge in [0.25, 0.3) is 0 Å². The molecule has 0 aliphatic heterocycles. The number of H-pyrrole nitrogens is 1. The summed E-state index contributed by atoms with van der Waals surface area (Å²) in [5, 5.41) is 4.44. The Labute approximate surface area is 152 Å². The molecule has 0 spiro atoms. The molecule has 0 radical (unpaired) electrons. The van der Waals surface area contributed by atoms with Crippen LogP contribution < -0.4 is 10.1 Å². The lowest BCUT2D eigenvalue weighted by Gasteiger charge is -2.12. The Morgan fingerprint density at radius 2 is 2.04 bits per heavy atom. The number of carbonyl (C=O) groups excluding carboxylic acids is 1. The van der Waals surface area contributed by atoms with E-state index in [1.54, 1.807) is 18.2 Å². The maximum absolute atomic E-state index is 12.3. The standard InChI is InChI=1S/C20H21ClN2O2/c1-13(2)12-25-19-8-7-15(10-17(19)21)23-20(24)9-14-11-22-18-6-4-3-5-16(14)18/h3-8,10-11,13,22H,9,12H2,1-2H3,(H,23,24). The number of benzene rings is 2. The summed E-state index contributed by atoms with van der Waals surface area (Å²) in [5.74, 6) is 0.966. The number of halogens is 1. The highest BCUT2D eigenvalue weighted by Gasteiger charge is 2.10. The Morgan fingerprint density at radius 1 is 1.24 bits per heavy atom. The number of aromatic amines is 1. The molecule has 25 heavy (non-hydrogen) atoms. The number of amides is 1. The molecule has 0 atom stereocenters. The van der Waals surface area contributed by atoms with E-state index in [0.717, 1.165) is 16.5 Å². The number of carbonyl (C=O) groups is 1. The molecule has 5 heteroatoms. The zero-order valence-electron chi connectivity index (χ0n) is 14.3. The van der Waals surface area contributed by atoms with Crippen molar-refractivity contribution in [3.63, 3.8) is 0 Å². The predicted octanol–water partition coefficient (Wildman–Crippen LogP) is 5.04. The van der Waals surface area contributed by atoms with Crippen molar-refractivity contribution in [2.75, 3.05) is 11.9 Å². The van der Waals surface area contributed by atoms with E-state index in [1.165, 1.54) is 0 Å². The van der Waals surface area contributed by atoms with Gasteiger partial charge in [0.1, 0.15) is 5.75 Å². The Bertz CT molecular complexity index is 886. The number of anilines is 1. The second-order valence-electron chi connectivity index (χ2n) is 6.43. The molecule has 0 aliphatic carbocycles. The summed E-state index contributed by atoms with van der Waals surface area (Å²) in [6.45, 7) is 4.76. The van der Waals surface area contributed by atoms with Crippen molar-refractivity contribution < 1.29 is 9.53 Å². The summed E-state index contributed by atoms with van der Waals surface area (Å²) in [6, 6.07) is 13.2. The monoisotopic (exact) mass is 356 g/mol. The Hall–Kier alpha value is -2.46. The van der Waals surface area contributed by atoms with Crippen LogP contribution in [0.4, 0.5) is 5.69 Å². The third kappa shape index (κ3) is 4.34. The summed E-state index contributed by atoms with van der Waals surface area (Å²) >= 11 is 6.24. The van der Waals surface area contributed by atoms with Crippen LogP contribution in [0, 0.1) is 5.92 Å². The molecule has 4 nitrogen and oxygen atoms in total.